The molecule has 1 aliphatic rings. The number of carbonyl (C=O) groups is 1. The molecule has 1 N–H and O–H groups in total. The molecular formula is C11H20O4. The summed E-state index contributed by atoms with van der Waals surface area (Å²) in [6.45, 7) is 4.17. The van der Waals surface area contributed by atoms with Gasteiger partial charge in [-0.05, 0) is 33.1 Å². The van der Waals surface area contributed by atoms with Crippen LogP contribution in [0.15, 0.2) is 0 Å². The summed E-state index contributed by atoms with van der Waals surface area (Å²) < 4.78 is 10.3. The molecule has 88 valence electrons. The maximum absolute atomic E-state index is 11.1. The highest BCUT2D eigenvalue weighted by atomic mass is 16.5. The first-order valence-electron chi connectivity index (χ1n) is 5.62. The smallest absolute Gasteiger partial charge is 0.305 e. The number of hydrogen-bond acceptors (Lipinski definition) is 4. The van der Waals surface area contributed by atoms with Crippen LogP contribution in [0.2, 0.25) is 0 Å². The van der Waals surface area contributed by atoms with Crippen LogP contribution in [0.3, 0.4) is 0 Å². The molecule has 15 heavy (non-hydrogen) atoms. The summed E-state index contributed by atoms with van der Waals surface area (Å²) in [5.74, 6) is -0.248. The standard InChI is InChI=1S/C11H20O4/c1-3-14-11(13)7-5-9(12)10-6-4-8(2)15-10/h8-10,12H,3-7H2,1-2H3. The Morgan fingerprint density at radius 2 is 2.33 bits per heavy atom. The second-order valence-corrected chi connectivity index (χ2v) is 3.97. The molecule has 0 amide bonds. The van der Waals surface area contributed by atoms with Gasteiger partial charge in [0, 0.05) is 6.42 Å². The van der Waals surface area contributed by atoms with Gasteiger partial charge in [-0.2, -0.15) is 0 Å². The SMILES string of the molecule is CCOC(=O)CCC(O)C1CCC(C)O1. The zero-order valence-corrected chi connectivity index (χ0v) is 9.44. The molecule has 1 heterocycles. The lowest BCUT2D eigenvalue weighted by atomic mass is 10.1. The molecule has 1 fully saturated rings. The van der Waals surface area contributed by atoms with Crippen molar-refractivity contribution >= 4 is 5.97 Å². The van der Waals surface area contributed by atoms with E-state index in [0.29, 0.717) is 13.0 Å². The van der Waals surface area contributed by atoms with E-state index in [2.05, 4.69) is 0 Å². The first-order chi connectivity index (χ1) is 7.13. The van der Waals surface area contributed by atoms with Crippen LogP contribution in [-0.2, 0) is 14.3 Å². The van der Waals surface area contributed by atoms with E-state index in [-0.39, 0.29) is 24.6 Å². The van der Waals surface area contributed by atoms with E-state index in [0.717, 1.165) is 12.8 Å². The molecule has 0 aromatic heterocycles. The summed E-state index contributed by atoms with van der Waals surface area (Å²) in [7, 11) is 0. The summed E-state index contributed by atoms with van der Waals surface area (Å²) in [4.78, 5) is 11.1. The molecule has 1 saturated heterocycles. The number of aliphatic hydroxyl groups excluding tert-OH is 1. The van der Waals surface area contributed by atoms with Crippen molar-refractivity contribution < 1.29 is 19.4 Å². The number of carbonyl (C=O) groups excluding carboxylic acids is 1. The Labute approximate surface area is 90.6 Å². The number of aliphatic hydroxyl groups is 1. The Morgan fingerprint density at radius 1 is 1.60 bits per heavy atom. The first-order valence-corrected chi connectivity index (χ1v) is 5.62. The van der Waals surface area contributed by atoms with Gasteiger partial charge in [0.25, 0.3) is 0 Å². The van der Waals surface area contributed by atoms with Gasteiger partial charge in [0.15, 0.2) is 0 Å². The van der Waals surface area contributed by atoms with Crippen LogP contribution < -0.4 is 0 Å². The van der Waals surface area contributed by atoms with E-state index in [9.17, 15) is 9.90 Å². The van der Waals surface area contributed by atoms with Crippen molar-refractivity contribution in [3.05, 3.63) is 0 Å². The second-order valence-electron chi connectivity index (χ2n) is 3.97. The number of hydrogen-bond donors (Lipinski definition) is 1. The molecule has 3 atom stereocenters. The number of ether oxygens (including phenoxy) is 2. The zero-order chi connectivity index (χ0) is 11.3. The molecule has 0 spiro atoms. The topological polar surface area (TPSA) is 55.8 Å². The molecule has 4 nitrogen and oxygen atoms in total. The van der Waals surface area contributed by atoms with Crippen molar-refractivity contribution in [2.75, 3.05) is 6.61 Å². The fourth-order valence-electron chi connectivity index (χ4n) is 1.80. The average Bonchev–Trinajstić information content (AvgIpc) is 2.62. The summed E-state index contributed by atoms with van der Waals surface area (Å²) in [6.07, 6.45) is 2.15. The van der Waals surface area contributed by atoms with Gasteiger partial charge in [-0.25, -0.2) is 0 Å². The highest BCUT2D eigenvalue weighted by Crippen LogP contribution is 2.23. The molecule has 3 unspecified atom stereocenters. The predicted molar refractivity (Wildman–Crippen MR) is 55.4 cm³/mol. The quantitative estimate of drug-likeness (QED) is 0.703. The Kier molecular flexibility index (Phi) is 5.05. The molecule has 0 aliphatic carbocycles. The predicted octanol–water partition coefficient (Wildman–Crippen LogP) is 1.26. The lowest BCUT2D eigenvalue weighted by molar-refractivity contribution is -0.144. The highest BCUT2D eigenvalue weighted by molar-refractivity contribution is 5.69. The molecular weight excluding hydrogens is 196 g/mol. The Balaban J connectivity index is 2.18. The van der Waals surface area contributed by atoms with Gasteiger partial charge in [0.2, 0.25) is 0 Å². The number of rotatable bonds is 5. The van der Waals surface area contributed by atoms with Gasteiger partial charge < -0.3 is 14.6 Å². The van der Waals surface area contributed by atoms with Crippen molar-refractivity contribution in [1.29, 1.82) is 0 Å². The molecule has 0 aromatic carbocycles. The first kappa shape index (κ1) is 12.5. The van der Waals surface area contributed by atoms with Gasteiger partial charge in [0.1, 0.15) is 0 Å². The van der Waals surface area contributed by atoms with E-state index >= 15 is 0 Å². The van der Waals surface area contributed by atoms with Crippen LogP contribution in [0.5, 0.6) is 0 Å². The lowest BCUT2D eigenvalue weighted by Gasteiger charge is -2.17. The summed E-state index contributed by atoms with van der Waals surface area (Å²) in [5, 5.41) is 9.75. The Hall–Kier alpha value is -0.610. The van der Waals surface area contributed by atoms with Gasteiger partial charge in [-0.3, -0.25) is 4.79 Å². The van der Waals surface area contributed by atoms with Crippen molar-refractivity contribution in [2.45, 2.75) is 57.8 Å². The van der Waals surface area contributed by atoms with E-state index in [1.807, 2.05) is 6.92 Å². The van der Waals surface area contributed by atoms with E-state index in [1.165, 1.54) is 0 Å². The maximum atomic E-state index is 11.1. The Bertz CT molecular complexity index is 205. The van der Waals surface area contributed by atoms with Crippen LogP contribution in [0.1, 0.15) is 39.5 Å². The van der Waals surface area contributed by atoms with Gasteiger partial charge >= 0.3 is 5.97 Å². The van der Waals surface area contributed by atoms with Crippen LogP contribution in [-0.4, -0.2) is 36.0 Å². The molecule has 0 bridgehead atoms. The second kappa shape index (κ2) is 6.08. The van der Waals surface area contributed by atoms with Crippen LogP contribution >= 0.6 is 0 Å². The largest absolute Gasteiger partial charge is 0.466 e. The fourth-order valence-corrected chi connectivity index (χ4v) is 1.80. The zero-order valence-electron chi connectivity index (χ0n) is 9.44. The minimum absolute atomic E-state index is 0.102. The molecule has 0 radical (unpaired) electrons. The minimum atomic E-state index is -0.542. The van der Waals surface area contributed by atoms with Crippen molar-refractivity contribution in [3.8, 4) is 0 Å². The average molecular weight is 216 g/mol. The van der Waals surface area contributed by atoms with Crippen LogP contribution in [0.25, 0.3) is 0 Å². The third-order valence-corrected chi connectivity index (χ3v) is 2.64. The third-order valence-electron chi connectivity index (χ3n) is 2.64. The molecule has 4 heteroatoms. The maximum Gasteiger partial charge on any atom is 0.305 e. The molecule has 1 rings (SSSR count). The van der Waals surface area contributed by atoms with E-state index < -0.39 is 6.10 Å². The molecule has 1 aliphatic heterocycles. The Morgan fingerprint density at radius 3 is 2.87 bits per heavy atom. The van der Waals surface area contributed by atoms with Crippen LogP contribution in [0.4, 0.5) is 0 Å². The monoisotopic (exact) mass is 216 g/mol. The van der Waals surface area contributed by atoms with E-state index in [4.69, 9.17) is 9.47 Å². The van der Waals surface area contributed by atoms with Gasteiger partial charge in [-0.15, -0.1) is 0 Å². The summed E-state index contributed by atoms with van der Waals surface area (Å²) >= 11 is 0. The third kappa shape index (κ3) is 4.18. The van der Waals surface area contributed by atoms with E-state index in [1.54, 1.807) is 6.92 Å². The van der Waals surface area contributed by atoms with Crippen LogP contribution in [0, 0.1) is 0 Å². The summed E-state index contributed by atoms with van der Waals surface area (Å²) in [5.41, 5.74) is 0. The van der Waals surface area contributed by atoms with Gasteiger partial charge in [-0.1, -0.05) is 0 Å². The van der Waals surface area contributed by atoms with Crippen molar-refractivity contribution in [1.82, 2.24) is 0 Å². The normalized spacial score (nSPS) is 27.7. The van der Waals surface area contributed by atoms with Gasteiger partial charge in [0.05, 0.1) is 24.9 Å². The summed E-state index contributed by atoms with van der Waals surface area (Å²) in [6, 6.07) is 0. The lowest BCUT2D eigenvalue weighted by Crippen LogP contribution is -2.26. The fraction of sp³-hybridized carbons (Fsp3) is 0.909. The number of esters is 1. The minimum Gasteiger partial charge on any atom is -0.466 e. The highest BCUT2D eigenvalue weighted by Gasteiger charge is 2.28. The molecule has 0 saturated carbocycles. The van der Waals surface area contributed by atoms with Crippen molar-refractivity contribution in [2.24, 2.45) is 0 Å². The van der Waals surface area contributed by atoms with Crippen molar-refractivity contribution in [3.63, 3.8) is 0 Å². The molecule has 0 aromatic rings.